The quantitative estimate of drug-likeness (QED) is 0.783. The molecule has 1 saturated heterocycles. The zero-order valence-electron chi connectivity index (χ0n) is 13.5. The molecule has 2 fully saturated rings. The van der Waals surface area contributed by atoms with Gasteiger partial charge in [-0.2, -0.15) is 0 Å². The van der Waals surface area contributed by atoms with E-state index in [2.05, 4.69) is 10.2 Å². The summed E-state index contributed by atoms with van der Waals surface area (Å²) in [7, 11) is 0. The third kappa shape index (κ3) is 3.02. The molecule has 0 radical (unpaired) electrons. The first-order valence-electron chi connectivity index (χ1n) is 8.30. The molecule has 2 aromatic rings. The van der Waals surface area contributed by atoms with E-state index in [4.69, 9.17) is 0 Å². The highest BCUT2D eigenvalue weighted by atomic mass is 32.1. The van der Waals surface area contributed by atoms with Crippen molar-refractivity contribution in [1.29, 1.82) is 0 Å². The van der Waals surface area contributed by atoms with E-state index < -0.39 is 11.8 Å². The summed E-state index contributed by atoms with van der Waals surface area (Å²) in [4.78, 5) is 27.8. The SMILES string of the molecule is O=C1C(=O)N(C2CCC2)CCN1Cc1nnc(-c2ccccc2F)s1. The number of hydrogen-bond acceptors (Lipinski definition) is 5. The number of nitrogens with zero attached hydrogens (tertiary/aromatic N) is 4. The number of hydrogen-bond donors (Lipinski definition) is 0. The van der Waals surface area contributed by atoms with E-state index in [1.54, 1.807) is 23.1 Å². The fourth-order valence-corrected chi connectivity index (χ4v) is 3.99. The molecular weight excluding hydrogens is 343 g/mol. The number of halogens is 1. The molecule has 0 N–H and O–H groups in total. The molecule has 6 nitrogen and oxygen atoms in total. The zero-order chi connectivity index (χ0) is 17.4. The van der Waals surface area contributed by atoms with Gasteiger partial charge in [-0.25, -0.2) is 4.39 Å². The van der Waals surface area contributed by atoms with Gasteiger partial charge in [-0.05, 0) is 31.4 Å². The average Bonchev–Trinajstić information content (AvgIpc) is 3.01. The van der Waals surface area contributed by atoms with Crippen molar-refractivity contribution in [2.24, 2.45) is 0 Å². The van der Waals surface area contributed by atoms with E-state index in [9.17, 15) is 14.0 Å². The van der Waals surface area contributed by atoms with Crippen LogP contribution < -0.4 is 0 Å². The van der Waals surface area contributed by atoms with Gasteiger partial charge < -0.3 is 9.80 Å². The van der Waals surface area contributed by atoms with Crippen molar-refractivity contribution < 1.29 is 14.0 Å². The van der Waals surface area contributed by atoms with E-state index in [0.717, 1.165) is 19.3 Å². The average molecular weight is 360 g/mol. The van der Waals surface area contributed by atoms with Crippen molar-refractivity contribution in [3.8, 4) is 10.6 Å². The number of aromatic nitrogens is 2. The maximum Gasteiger partial charge on any atom is 0.312 e. The van der Waals surface area contributed by atoms with Crippen LogP contribution in [0.15, 0.2) is 24.3 Å². The fourth-order valence-electron chi connectivity index (χ4n) is 3.11. The Morgan fingerprint density at radius 1 is 1.12 bits per heavy atom. The van der Waals surface area contributed by atoms with Crippen LogP contribution in [0.5, 0.6) is 0 Å². The second-order valence-corrected chi connectivity index (χ2v) is 7.35. The standard InChI is InChI=1S/C17H17FN4O2S/c18-13-7-2-1-6-12(13)15-20-19-14(25-15)10-21-8-9-22(11-4-3-5-11)17(24)16(21)23/h1-2,6-7,11H,3-5,8-10H2. The van der Waals surface area contributed by atoms with Crippen LogP contribution in [-0.4, -0.2) is 50.9 Å². The molecule has 1 aliphatic heterocycles. The number of amides is 2. The Bertz CT molecular complexity index is 820. The number of carbonyl (C=O) groups is 2. The minimum Gasteiger partial charge on any atom is -0.330 e. The van der Waals surface area contributed by atoms with Gasteiger partial charge in [0.25, 0.3) is 0 Å². The zero-order valence-corrected chi connectivity index (χ0v) is 14.3. The van der Waals surface area contributed by atoms with Crippen LogP contribution in [0.1, 0.15) is 24.3 Å². The summed E-state index contributed by atoms with van der Waals surface area (Å²) in [5, 5.41) is 9.14. The van der Waals surface area contributed by atoms with Gasteiger partial charge in [0.2, 0.25) is 0 Å². The van der Waals surface area contributed by atoms with Gasteiger partial charge in [0.05, 0.1) is 6.54 Å². The highest BCUT2D eigenvalue weighted by molar-refractivity contribution is 7.14. The molecule has 25 heavy (non-hydrogen) atoms. The van der Waals surface area contributed by atoms with Crippen LogP contribution in [-0.2, 0) is 16.1 Å². The number of benzene rings is 1. The molecule has 130 valence electrons. The predicted molar refractivity (Wildman–Crippen MR) is 90.1 cm³/mol. The molecule has 1 aromatic carbocycles. The molecule has 0 unspecified atom stereocenters. The molecule has 0 bridgehead atoms. The summed E-state index contributed by atoms with van der Waals surface area (Å²) >= 11 is 1.24. The van der Waals surface area contributed by atoms with E-state index in [1.807, 2.05) is 0 Å². The van der Waals surface area contributed by atoms with E-state index in [0.29, 0.717) is 28.7 Å². The Morgan fingerprint density at radius 2 is 1.92 bits per heavy atom. The highest BCUT2D eigenvalue weighted by Gasteiger charge is 2.38. The van der Waals surface area contributed by atoms with Gasteiger partial charge in [0.15, 0.2) is 5.01 Å². The molecule has 0 atom stereocenters. The highest BCUT2D eigenvalue weighted by Crippen LogP contribution is 2.28. The lowest BCUT2D eigenvalue weighted by Crippen LogP contribution is -2.58. The number of rotatable bonds is 4. The number of carbonyl (C=O) groups excluding carboxylic acids is 2. The summed E-state index contributed by atoms with van der Waals surface area (Å²) < 4.78 is 13.8. The maximum atomic E-state index is 13.8. The van der Waals surface area contributed by atoms with E-state index >= 15 is 0 Å². The second-order valence-electron chi connectivity index (χ2n) is 6.29. The van der Waals surface area contributed by atoms with Gasteiger partial charge in [-0.3, -0.25) is 9.59 Å². The van der Waals surface area contributed by atoms with Crippen molar-refractivity contribution in [2.45, 2.75) is 31.8 Å². The molecule has 2 heterocycles. The summed E-state index contributed by atoms with van der Waals surface area (Å²) in [6.07, 6.45) is 3.10. The van der Waals surface area contributed by atoms with E-state index in [-0.39, 0.29) is 18.4 Å². The van der Waals surface area contributed by atoms with Gasteiger partial charge in [0, 0.05) is 24.7 Å². The van der Waals surface area contributed by atoms with Crippen LogP contribution in [0.2, 0.25) is 0 Å². The first-order valence-corrected chi connectivity index (χ1v) is 9.12. The minimum absolute atomic E-state index is 0.229. The summed E-state index contributed by atoms with van der Waals surface area (Å²) in [6.45, 7) is 1.29. The molecule has 0 spiro atoms. The Kier molecular flexibility index (Phi) is 4.20. The van der Waals surface area contributed by atoms with Crippen LogP contribution in [0.4, 0.5) is 4.39 Å². The van der Waals surface area contributed by atoms with Crippen LogP contribution in [0.3, 0.4) is 0 Å². The first kappa shape index (κ1) is 16.1. The molecular formula is C17H17FN4O2S. The Morgan fingerprint density at radius 3 is 2.64 bits per heavy atom. The third-order valence-corrected chi connectivity index (χ3v) is 5.70. The van der Waals surface area contributed by atoms with Gasteiger partial charge in [-0.15, -0.1) is 10.2 Å². The summed E-state index contributed by atoms with van der Waals surface area (Å²) in [5.41, 5.74) is 0.392. The topological polar surface area (TPSA) is 66.4 Å². The number of piperazine rings is 1. The van der Waals surface area contributed by atoms with Crippen molar-refractivity contribution in [1.82, 2.24) is 20.0 Å². The molecule has 1 saturated carbocycles. The lowest BCUT2D eigenvalue weighted by atomic mass is 9.91. The smallest absolute Gasteiger partial charge is 0.312 e. The van der Waals surface area contributed by atoms with Crippen LogP contribution >= 0.6 is 11.3 Å². The van der Waals surface area contributed by atoms with Crippen molar-refractivity contribution in [3.05, 3.63) is 35.1 Å². The normalized spacial score (nSPS) is 18.6. The van der Waals surface area contributed by atoms with Crippen LogP contribution in [0.25, 0.3) is 10.6 Å². The predicted octanol–water partition coefficient (Wildman–Crippen LogP) is 2.07. The van der Waals surface area contributed by atoms with Crippen LogP contribution in [0, 0.1) is 5.82 Å². The van der Waals surface area contributed by atoms with Crippen molar-refractivity contribution >= 4 is 23.2 Å². The third-order valence-electron chi connectivity index (χ3n) is 4.75. The first-order chi connectivity index (χ1) is 12.1. The maximum absolute atomic E-state index is 13.8. The summed E-state index contributed by atoms with van der Waals surface area (Å²) in [6, 6.07) is 6.60. The minimum atomic E-state index is -0.485. The Labute approximate surface area is 148 Å². The molecule has 2 aliphatic rings. The largest absolute Gasteiger partial charge is 0.330 e. The molecule has 8 heteroatoms. The second kappa shape index (κ2) is 6.51. The lowest BCUT2D eigenvalue weighted by Gasteiger charge is -2.41. The molecule has 1 aliphatic carbocycles. The lowest BCUT2D eigenvalue weighted by molar-refractivity contribution is -0.159. The van der Waals surface area contributed by atoms with Crippen molar-refractivity contribution in [2.75, 3.05) is 13.1 Å². The van der Waals surface area contributed by atoms with Gasteiger partial charge in [-0.1, -0.05) is 23.5 Å². The van der Waals surface area contributed by atoms with Gasteiger partial charge >= 0.3 is 11.8 Å². The molecule has 4 rings (SSSR count). The van der Waals surface area contributed by atoms with Crippen molar-refractivity contribution in [3.63, 3.8) is 0 Å². The summed E-state index contributed by atoms with van der Waals surface area (Å²) in [5.74, 6) is -1.26. The van der Waals surface area contributed by atoms with E-state index in [1.165, 1.54) is 22.3 Å². The van der Waals surface area contributed by atoms with Gasteiger partial charge in [0.1, 0.15) is 10.8 Å². The molecule has 1 aromatic heterocycles. The molecule has 2 amide bonds. The Balaban J connectivity index is 1.45. The monoisotopic (exact) mass is 360 g/mol. The Hall–Kier alpha value is -2.35. The fraction of sp³-hybridized carbons (Fsp3) is 0.412.